The third-order valence-corrected chi connectivity index (χ3v) is 5.54. The van der Waals surface area contributed by atoms with E-state index >= 15 is 0 Å². The molecule has 0 amide bonds. The first kappa shape index (κ1) is 19.5. The van der Waals surface area contributed by atoms with E-state index in [2.05, 4.69) is 21.4 Å². The minimum absolute atomic E-state index is 0.385. The van der Waals surface area contributed by atoms with Gasteiger partial charge < -0.3 is 4.90 Å². The van der Waals surface area contributed by atoms with E-state index in [1.807, 2.05) is 34.9 Å². The highest BCUT2D eigenvalue weighted by Crippen LogP contribution is 2.23. The van der Waals surface area contributed by atoms with Crippen LogP contribution in [0, 0.1) is 0 Å². The van der Waals surface area contributed by atoms with Crippen LogP contribution >= 0.6 is 11.6 Å². The van der Waals surface area contributed by atoms with E-state index in [1.54, 1.807) is 7.05 Å². The van der Waals surface area contributed by atoms with Gasteiger partial charge in [-0.25, -0.2) is 4.79 Å². The quantitative estimate of drug-likeness (QED) is 0.639. The highest BCUT2D eigenvalue weighted by molar-refractivity contribution is 6.30. The smallest absolute Gasteiger partial charge is 0.329 e. The van der Waals surface area contributed by atoms with E-state index in [0.29, 0.717) is 28.7 Å². The molecule has 0 bridgehead atoms. The average Bonchev–Trinajstić information content (AvgIpc) is 3.09. The van der Waals surface area contributed by atoms with Crippen LogP contribution in [-0.4, -0.2) is 56.7 Å². The lowest BCUT2D eigenvalue weighted by molar-refractivity contribution is 0.282. The number of halogens is 1. The molecule has 0 spiro atoms. The third-order valence-electron chi connectivity index (χ3n) is 5.28. The molecule has 152 valence electrons. The lowest BCUT2D eigenvalue weighted by atomic mass is 10.2. The van der Waals surface area contributed by atoms with Gasteiger partial charge in [-0.2, -0.15) is 4.98 Å². The van der Waals surface area contributed by atoms with Crippen molar-refractivity contribution in [1.82, 2.24) is 24.0 Å². The Morgan fingerprint density at radius 1 is 1.17 bits per heavy atom. The zero-order valence-corrected chi connectivity index (χ0v) is 17.0. The van der Waals surface area contributed by atoms with Crippen molar-refractivity contribution < 1.29 is 0 Å². The van der Waals surface area contributed by atoms with Crippen molar-refractivity contribution in [2.24, 2.45) is 7.05 Å². The van der Waals surface area contributed by atoms with Crippen molar-refractivity contribution in [3.8, 4) is 0 Å². The fourth-order valence-electron chi connectivity index (χ4n) is 3.70. The number of H-pyrrole nitrogens is 1. The molecule has 8 nitrogen and oxygen atoms in total. The van der Waals surface area contributed by atoms with E-state index in [0.717, 1.165) is 38.3 Å². The van der Waals surface area contributed by atoms with Gasteiger partial charge in [0.2, 0.25) is 5.95 Å². The summed E-state index contributed by atoms with van der Waals surface area (Å²) in [5, 5.41) is 0.656. The number of hydrogen-bond donors (Lipinski definition) is 1. The fourth-order valence-corrected chi connectivity index (χ4v) is 3.83. The Bertz CT molecular complexity index is 1150. The predicted molar refractivity (Wildman–Crippen MR) is 115 cm³/mol. The van der Waals surface area contributed by atoms with Crippen LogP contribution in [0.25, 0.3) is 11.2 Å². The maximum absolute atomic E-state index is 12.7. The Morgan fingerprint density at radius 2 is 1.86 bits per heavy atom. The Morgan fingerprint density at radius 3 is 2.52 bits per heavy atom. The monoisotopic (exact) mass is 414 g/mol. The second-order valence-electron chi connectivity index (χ2n) is 7.19. The predicted octanol–water partition coefficient (Wildman–Crippen LogP) is 1.43. The van der Waals surface area contributed by atoms with Crippen LogP contribution in [-0.2, 0) is 13.6 Å². The summed E-state index contributed by atoms with van der Waals surface area (Å²) in [6, 6.07) is 7.50. The third kappa shape index (κ3) is 3.73. The lowest BCUT2D eigenvalue weighted by Gasteiger charge is -2.34. The number of aryl methyl sites for hydroxylation is 1. The molecule has 1 fully saturated rings. The molecular formula is C20H23ClN6O2. The van der Waals surface area contributed by atoms with Gasteiger partial charge >= 0.3 is 5.69 Å². The number of fused-ring (bicyclic) bond motifs is 1. The molecule has 0 saturated carbocycles. The summed E-state index contributed by atoms with van der Waals surface area (Å²) in [6.45, 7) is 8.43. The number of aromatic amines is 1. The van der Waals surface area contributed by atoms with Crippen LogP contribution in [0.1, 0.15) is 5.56 Å². The van der Waals surface area contributed by atoms with E-state index in [4.69, 9.17) is 16.6 Å². The van der Waals surface area contributed by atoms with Crippen LogP contribution in [0.5, 0.6) is 0 Å². The SMILES string of the molecule is C=CCN1CCN(c2nc3c(c(=O)[nH]c(=O)n3C)n2Cc2ccc(Cl)cc2)CC1. The van der Waals surface area contributed by atoms with Gasteiger partial charge in [0.15, 0.2) is 11.2 Å². The first-order valence-electron chi connectivity index (χ1n) is 9.50. The number of aromatic nitrogens is 4. The first-order valence-corrected chi connectivity index (χ1v) is 9.88. The van der Waals surface area contributed by atoms with Crippen LogP contribution in [0.15, 0.2) is 46.5 Å². The van der Waals surface area contributed by atoms with Gasteiger partial charge in [0, 0.05) is 44.8 Å². The summed E-state index contributed by atoms with van der Waals surface area (Å²) in [4.78, 5) is 36.3. The second kappa shape index (κ2) is 7.88. The molecule has 1 aliphatic rings. The molecule has 1 aliphatic heterocycles. The summed E-state index contributed by atoms with van der Waals surface area (Å²) in [7, 11) is 1.62. The van der Waals surface area contributed by atoms with Crippen LogP contribution < -0.4 is 16.1 Å². The van der Waals surface area contributed by atoms with Crippen LogP contribution in [0.4, 0.5) is 5.95 Å². The standard InChI is InChI=1S/C20H23ClN6O2/c1-3-8-25-9-11-26(12-10-25)19-22-17-16(18(28)23-20(29)24(17)2)27(19)13-14-4-6-15(21)7-5-14/h3-7H,1,8-13H2,2H3,(H,23,28,29). The molecule has 9 heteroatoms. The first-order chi connectivity index (χ1) is 14.0. The summed E-state index contributed by atoms with van der Waals surface area (Å²) in [5.74, 6) is 0.694. The fraction of sp³-hybridized carbons (Fsp3) is 0.350. The summed E-state index contributed by atoms with van der Waals surface area (Å²) >= 11 is 6.01. The van der Waals surface area contributed by atoms with Gasteiger partial charge in [-0.15, -0.1) is 6.58 Å². The molecule has 3 aromatic rings. The van der Waals surface area contributed by atoms with E-state index in [9.17, 15) is 9.59 Å². The van der Waals surface area contributed by atoms with Crippen molar-refractivity contribution in [3.05, 3.63) is 68.3 Å². The van der Waals surface area contributed by atoms with Gasteiger partial charge in [0.05, 0.1) is 6.54 Å². The Balaban J connectivity index is 1.80. The molecule has 3 heterocycles. The van der Waals surface area contributed by atoms with Gasteiger partial charge in [-0.3, -0.25) is 23.8 Å². The Kier molecular flexibility index (Phi) is 5.29. The molecule has 1 aromatic carbocycles. The Labute approximate surface area is 172 Å². The molecule has 1 N–H and O–H groups in total. The van der Waals surface area contributed by atoms with Gasteiger partial charge in [0.1, 0.15) is 0 Å². The van der Waals surface area contributed by atoms with Gasteiger partial charge in [0.25, 0.3) is 5.56 Å². The number of hydrogen-bond acceptors (Lipinski definition) is 5. The lowest BCUT2D eigenvalue weighted by Crippen LogP contribution is -2.47. The van der Waals surface area contributed by atoms with Gasteiger partial charge in [-0.05, 0) is 17.7 Å². The number of imidazole rings is 1. The molecule has 1 saturated heterocycles. The summed E-state index contributed by atoms with van der Waals surface area (Å²) < 4.78 is 3.27. The minimum atomic E-state index is -0.471. The van der Waals surface area contributed by atoms with E-state index < -0.39 is 11.2 Å². The average molecular weight is 415 g/mol. The van der Waals surface area contributed by atoms with Crippen molar-refractivity contribution in [1.29, 1.82) is 0 Å². The molecule has 29 heavy (non-hydrogen) atoms. The summed E-state index contributed by atoms with van der Waals surface area (Å²) in [5.41, 5.74) is 0.873. The molecular weight excluding hydrogens is 392 g/mol. The minimum Gasteiger partial charge on any atom is -0.340 e. The number of anilines is 1. The maximum atomic E-state index is 12.7. The highest BCUT2D eigenvalue weighted by Gasteiger charge is 2.24. The molecule has 0 unspecified atom stereocenters. The number of rotatable bonds is 5. The molecule has 4 rings (SSSR count). The number of nitrogens with one attached hydrogen (secondary N) is 1. The van der Waals surface area contributed by atoms with Crippen molar-refractivity contribution in [2.75, 3.05) is 37.6 Å². The van der Waals surface area contributed by atoms with Crippen molar-refractivity contribution in [3.63, 3.8) is 0 Å². The molecule has 0 radical (unpaired) electrons. The molecule has 0 atom stereocenters. The van der Waals surface area contributed by atoms with E-state index in [1.165, 1.54) is 4.57 Å². The second-order valence-corrected chi connectivity index (χ2v) is 7.63. The van der Waals surface area contributed by atoms with E-state index in [-0.39, 0.29) is 0 Å². The zero-order chi connectivity index (χ0) is 20.5. The topological polar surface area (TPSA) is 79.2 Å². The van der Waals surface area contributed by atoms with Crippen molar-refractivity contribution in [2.45, 2.75) is 6.54 Å². The zero-order valence-electron chi connectivity index (χ0n) is 16.3. The normalized spacial score (nSPS) is 15.2. The maximum Gasteiger partial charge on any atom is 0.329 e. The van der Waals surface area contributed by atoms with Gasteiger partial charge in [-0.1, -0.05) is 29.8 Å². The summed E-state index contributed by atoms with van der Waals surface area (Å²) in [6.07, 6.45) is 1.90. The number of nitrogens with zero attached hydrogens (tertiary/aromatic N) is 5. The van der Waals surface area contributed by atoms with Crippen LogP contribution in [0.3, 0.4) is 0 Å². The molecule has 0 aliphatic carbocycles. The number of benzene rings is 1. The number of piperazine rings is 1. The van der Waals surface area contributed by atoms with Crippen LogP contribution in [0.2, 0.25) is 5.02 Å². The Hall–Kier alpha value is -2.84. The van der Waals surface area contributed by atoms with Crippen molar-refractivity contribution >= 4 is 28.7 Å². The molecule has 2 aromatic heterocycles. The highest BCUT2D eigenvalue weighted by atomic mass is 35.5. The largest absolute Gasteiger partial charge is 0.340 e.